The van der Waals surface area contributed by atoms with Crippen LogP contribution in [0.25, 0.3) is 0 Å². The second-order valence-electron chi connectivity index (χ2n) is 5.91. The maximum Gasteiger partial charge on any atom is 0.264 e. The van der Waals surface area contributed by atoms with Crippen molar-refractivity contribution >= 4 is 21.4 Å². The molecule has 0 atom stereocenters. The largest absolute Gasteiger partial charge is 0.399 e. The van der Waals surface area contributed by atoms with Crippen LogP contribution in [0.4, 0.5) is 11.4 Å². The van der Waals surface area contributed by atoms with Gasteiger partial charge in [-0.2, -0.15) is 0 Å². The van der Waals surface area contributed by atoms with Gasteiger partial charge in [0.1, 0.15) is 0 Å². The number of hydrogen-bond donors (Lipinski definition) is 1. The quantitative estimate of drug-likeness (QED) is 0.707. The summed E-state index contributed by atoms with van der Waals surface area (Å²) in [4.78, 5) is 0.199. The first kappa shape index (κ1) is 17.0. The van der Waals surface area contributed by atoms with Crippen LogP contribution in [0.1, 0.15) is 11.1 Å². The number of rotatable bonds is 5. The van der Waals surface area contributed by atoms with Gasteiger partial charge in [-0.15, -0.1) is 0 Å². The number of nitrogen functional groups attached to an aromatic ring is 1. The molecule has 0 saturated carbocycles. The molecule has 5 heteroatoms. The van der Waals surface area contributed by atoms with Gasteiger partial charge >= 0.3 is 0 Å². The van der Waals surface area contributed by atoms with E-state index >= 15 is 0 Å². The van der Waals surface area contributed by atoms with E-state index in [1.54, 1.807) is 24.3 Å². The molecule has 0 aliphatic heterocycles. The van der Waals surface area contributed by atoms with Crippen LogP contribution in [0.2, 0.25) is 0 Å². The molecule has 3 aromatic carbocycles. The monoisotopic (exact) mass is 352 g/mol. The Bertz CT molecular complexity index is 935. The van der Waals surface area contributed by atoms with Crippen molar-refractivity contribution in [3.63, 3.8) is 0 Å². The zero-order valence-electron chi connectivity index (χ0n) is 14.0. The standard InChI is InChI=1S/C20H20N2O2S/c1-16-12-18(21)14-20(13-16)25(23,24)22(19-10-6-3-7-11-19)15-17-8-4-2-5-9-17/h2-14H,15,21H2,1H3. The van der Waals surface area contributed by atoms with E-state index in [1.807, 2.05) is 55.5 Å². The van der Waals surface area contributed by atoms with E-state index in [2.05, 4.69) is 0 Å². The number of nitrogens with zero attached hydrogens (tertiary/aromatic N) is 1. The Morgan fingerprint density at radius 2 is 1.48 bits per heavy atom. The summed E-state index contributed by atoms with van der Waals surface area (Å²) in [5.74, 6) is 0. The van der Waals surface area contributed by atoms with E-state index in [0.29, 0.717) is 11.4 Å². The third-order valence-corrected chi connectivity index (χ3v) is 5.63. The van der Waals surface area contributed by atoms with Gasteiger partial charge in [-0.1, -0.05) is 48.5 Å². The molecule has 0 radical (unpaired) electrons. The van der Waals surface area contributed by atoms with Crippen molar-refractivity contribution in [2.45, 2.75) is 18.4 Å². The summed E-state index contributed by atoms with van der Waals surface area (Å²) in [6, 6.07) is 23.5. The minimum atomic E-state index is -3.74. The van der Waals surface area contributed by atoms with Crippen LogP contribution in [0, 0.1) is 6.92 Å². The second kappa shape index (κ2) is 6.99. The lowest BCUT2D eigenvalue weighted by atomic mass is 10.2. The smallest absolute Gasteiger partial charge is 0.264 e. The van der Waals surface area contributed by atoms with Crippen LogP contribution >= 0.6 is 0 Å². The number of benzene rings is 3. The molecule has 4 nitrogen and oxygen atoms in total. The Kier molecular flexibility index (Phi) is 4.76. The Balaban J connectivity index is 2.10. The van der Waals surface area contributed by atoms with E-state index in [1.165, 1.54) is 10.4 Å². The fourth-order valence-corrected chi connectivity index (χ4v) is 4.30. The van der Waals surface area contributed by atoms with Gasteiger partial charge in [-0.05, 0) is 48.4 Å². The van der Waals surface area contributed by atoms with E-state index in [0.717, 1.165) is 11.1 Å². The molecule has 0 spiro atoms. The number of nitrogens with two attached hydrogens (primary N) is 1. The maximum absolute atomic E-state index is 13.3. The minimum Gasteiger partial charge on any atom is -0.399 e. The van der Waals surface area contributed by atoms with Crippen molar-refractivity contribution in [2.75, 3.05) is 10.0 Å². The molecule has 0 fully saturated rings. The Morgan fingerprint density at radius 1 is 0.880 bits per heavy atom. The number of sulfonamides is 1. The summed E-state index contributed by atoms with van der Waals surface area (Å²) in [6.07, 6.45) is 0. The number of para-hydroxylation sites is 1. The molecule has 128 valence electrons. The van der Waals surface area contributed by atoms with Crippen LogP contribution < -0.4 is 10.0 Å². The average molecular weight is 352 g/mol. The first-order valence-corrected chi connectivity index (χ1v) is 9.40. The molecule has 0 aliphatic carbocycles. The first-order valence-electron chi connectivity index (χ1n) is 7.96. The van der Waals surface area contributed by atoms with Gasteiger partial charge in [-0.25, -0.2) is 8.42 Å². The van der Waals surface area contributed by atoms with Crippen molar-refractivity contribution < 1.29 is 8.42 Å². The maximum atomic E-state index is 13.3. The van der Waals surface area contributed by atoms with E-state index < -0.39 is 10.0 Å². The lowest BCUT2D eigenvalue weighted by Crippen LogP contribution is -2.30. The summed E-state index contributed by atoms with van der Waals surface area (Å²) in [7, 11) is -3.74. The molecule has 0 aromatic heterocycles. The van der Waals surface area contributed by atoms with Crippen LogP contribution in [-0.4, -0.2) is 8.42 Å². The molecule has 2 N–H and O–H groups in total. The summed E-state index contributed by atoms with van der Waals surface area (Å²) in [5.41, 5.74) is 8.64. The van der Waals surface area contributed by atoms with Gasteiger partial charge in [0, 0.05) is 5.69 Å². The first-order chi connectivity index (χ1) is 12.0. The zero-order chi connectivity index (χ0) is 17.9. The molecule has 0 aliphatic rings. The fourth-order valence-electron chi connectivity index (χ4n) is 2.71. The summed E-state index contributed by atoms with van der Waals surface area (Å²) < 4.78 is 28.0. The number of anilines is 2. The van der Waals surface area contributed by atoms with Crippen LogP contribution in [0.5, 0.6) is 0 Å². The van der Waals surface area contributed by atoms with E-state index in [-0.39, 0.29) is 11.4 Å². The van der Waals surface area contributed by atoms with Gasteiger partial charge in [0.05, 0.1) is 17.1 Å². The predicted molar refractivity (Wildman–Crippen MR) is 102 cm³/mol. The van der Waals surface area contributed by atoms with Crippen LogP contribution in [0.3, 0.4) is 0 Å². The predicted octanol–water partition coefficient (Wildman–Crippen LogP) is 3.97. The number of hydrogen-bond acceptors (Lipinski definition) is 3. The molecule has 0 bridgehead atoms. The van der Waals surface area contributed by atoms with Crippen molar-refractivity contribution in [3.05, 3.63) is 90.0 Å². The zero-order valence-corrected chi connectivity index (χ0v) is 14.8. The van der Waals surface area contributed by atoms with E-state index in [9.17, 15) is 8.42 Å². The fraction of sp³-hybridized carbons (Fsp3) is 0.100. The highest BCUT2D eigenvalue weighted by Gasteiger charge is 2.25. The summed E-state index contributed by atoms with van der Waals surface area (Å²) >= 11 is 0. The number of aryl methyl sites for hydroxylation is 1. The second-order valence-corrected chi connectivity index (χ2v) is 7.77. The molecule has 0 saturated heterocycles. The summed E-state index contributed by atoms with van der Waals surface area (Å²) in [5, 5.41) is 0. The van der Waals surface area contributed by atoms with Gasteiger partial charge in [0.2, 0.25) is 0 Å². The minimum absolute atomic E-state index is 0.199. The third-order valence-electron chi connectivity index (χ3n) is 3.87. The summed E-state index contributed by atoms with van der Waals surface area (Å²) in [6.45, 7) is 2.08. The molecular formula is C20H20N2O2S. The molecule has 0 heterocycles. The highest BCUT2D eigenvalue weighted by Crippen LogP contribution is 2.27. The van der Waals surface area contributed by atoms with Crippen molar-refractivity contribution in [3.8, 4) is 0 Å². The molecule has 0 unspecified atom stereocenters. The van der Waals surface area contributed by atoms with Gasteiger partial charge in [-0.3, -0.25) is 4.31 Å². The van der Waals surface area contributed by atoms with Crippen molar-refractivity contribution in [1.82, 2.24) is 0 Å². The van der Waals surface area contributed by atoms with Crippen LogP contribution in [0.15, 0.2) is 83.8 Å². The topological polar surface area (TPSA) is 63.4 Å². The van der Waals surface area contributed by atoms with Gasteiger partial charge in [0.25, 0.3) is 10.0 Å². The van der Waals surface area contributed by atoms with Crippen LogP contribution in [-0.2, 0) is 16.6 Å². The van der Waals surface area contributed by atoms with Gasteiger partial charge < -0.3 is 5.73 Å². The van der Waals surface area contributed by atoms with Gasteiger partial charge in [0.15, 0.2) is 0 Å². The van der Waals surface area contributed by atoms with Crippen molar-refractivity contribution in [1.29, 1.82) is 0 Å². The highest BCUT2D eigenvalue weighted by atomic mass is 32.2. The Morgan fingerprint density at radius 3 is 2.08 bits per heavy atom. The molecule has 0 amide bonds. The lowest BCUT2D eigenvalue weighted by Gasteiger charge is -2.25. The molecule has 3 aromatic rings. The van der Waals surface area contributed by atoms with E-state index in [4.69, 9.17) is 5.73 Å². The third kappa shape index (κ3) is 3.83. The molecule has 25 heavy (non-hydrogen) atoms. The molecular weight excluding hydrogens is 332 g/mol. The SMILES string of the molecule is Cc1cc(N)cc(S(=O)(=O)N(Cc2ccccc2)c2ccccc2)c1. The van der Waals surface area contributed by atoms with Crippen molar-refractivity contribution in [2.24, 2.45) is 0 Å². The average Bonchev–Trinajstić information content (AvgIpc) is 2.60. The normalized spacial score (nSPS) is 11.2. The lowest BCUT2D eigenvalue weighted by molar-refractivity contribution is 0.590. The Labute approximate surface area is 148 Å². The molecule has 3 rings (SSSR count). The highest BCUT2D eigenvalue weighted by molar-refractivity contribution is 7.92. The Hall–Kier alpha value is -2.79.